The van der Waals surface area contributed by atoms with Crippen molar-refractivity contribution in [1.82, 2.24) is 5.32 Å². The van der Waals surface area contributed by atoms with Crippen molar-refractivity contribution >= 4 is 11.9 Å². The molecular weight excluding hydrogens is 251 g/mol. The minimum atomic E-state index is -1.72. The molecule has 0 aromatic heterocycles. The molecule has 18 heavy (non-hydrogen) atoms. The van der Waals surface area contributed by atoms with Crippen LogP contribution in [0.25, 0.3) is 0 Å². The van der Waals surface area contributed by atoms with E-state index in [1.165, 1.54) is 0 Å². The van der Waals surface area contributed by atoms with Crippen LogP contribution in [0, 0.1) is 11.6 Å². The molecule has 1 aromatic rings. The number of aliphatic carboxylic acids is 1. The van der Waals surface area contributed by atoms with Gasteiger partial charge in [0, 0.05) is 5.56 Å². The molecular formula is C11H10F3NO3. The number of hydrogen-bond acceptors (Lipinski definition) is 2. The standard InChI is InChI=1S/C11H10F3NO3/c12-5-9(11(17)18)15-10(16)4-6-7(13)2-1-3-8(6)14/h1-3,9H,4-5H2,(H,15,16)(H,17,18). The Morgan fingerprint density at radius 3 is 2.28 bits per heavy atom. The van der Waals surface area contributed by atoms with Crippen LogP contribution in [0.15, 0.2) is 18.2 Å². The Labute approximate surface area is 100 Å². The first kappa shape index (κ1) is 14.0. The number of alkyl halides is 1. The molecule has 2 N–H and O–H groups in total. The number of amides is 1. The Morgan fingerprint density at radius 2 is 1.83 bits per heavy atom. The van der Waals surface area contributed by atoms with E-state index in [4.69, 9.17) is 5.11 Å². The van der Waals surface area contributed by atoms with Gasteiger partial charge in [-0.05, 0) is 12.1 Å². The Balaban J connectivity index is 2.73. The maximum atomic E-state index is 13.2. The Bertz CT molecular complexity index is 445. The highest BCUT2D eigenvalue weighted by molar-refractivity contribution is 5.84. The third-order valence-corrected chi connectivity index (χ3v) is 2.19. The van der Waals surface area contributed by atoms with Gasteiger partial charge in [-0.1, -0.05) is 6.07 Å². The zero-order chi connectivity index (χ0) is 13.7. The first-order chi connectivity index (χ1) is 8.45. The number of carbonyl (C=O) groups excluding carboxylic acids is 1. The fraction of sp³-hybridized carbons (Fsp3) is 0.273. The van der Waals surface area contributed by atoms with Gasteiger partial charge in [0.25, 0.3) is 0 Å². The zero-order valence-electron chi connectivity index (χ0n) is 9.12. The summed E-state index contributed by atoms with van der Waals surface area (Å²) in [7, 11) is 0. The van der Waals surface area contributed by atoms with Crippen LogP contribution < -0.4 is 5.32 Å². The Hall–Kier alpha value is -2.05. The monoisotopic (exact) mass is 261 g/mol. The maximum Gasteiger partial charge on any atom is 0.328 e. The summed E-state index contributed by atoms with van der Waals surface area (Å²) in [4.78, 5) is 21.8. The lowest BCUT2D eigenvalue weighted by atomic mass is 10.1. The van der Waals surface area contributed by atoms with Crippen molar-refractivity contribution in [2.45, 2.75) is 12.5 Å². The molecule has 1 rings (SSSR count). The third-order valence-electron chi connectivity index (χ3n) is 2.19. The molecule has 0 spiro atoms. The Kier molecular flexibility index (Phi) is 4.70. The van der Waals surface area contributed by atoms with Gasteiger partial charge < -0.3 is 10.4 Å². The molecule has 0 radical (unpaired) electrons. The van der Waals surface area contributed by atoms with Crippen LogP contribution in [0.4, 0.5) is 13.2 Å². The van der Waals surface area contributed by atoms with Gasteiger partial charge in [0.15, 0.2) is 6.04 Å². The fourth-order valence-corrected chi connectivity index (χ4v) is 1.27. The molecule has 1 atom stereocenters. The van der Waals surface area contributed by atoms with E-state index < -0.39 is 48.2 Å². The van der Waals surface area contributed by atoms with Crippen LogP contribution in [0.3, 0.4) is 0 Å². The van der Waals surface area contributed by atoms with Crippen LogP contribution >= 0.6 is 0 Å². The second kappa shape index (κ2) is 6.04. The van der Waals surface area contributed by atoms with Gasteiger partial charge in [-0.15, -0.1) is 0 Å². The molecule has 0 aliphatic heterocycles. The molecule has 0 saturated carbocycles. The van der Waals surface area contributed by atoms with E-state index >= 15 is 0 Å². The molecule has 4 nitrogen and oxygen atoms in total. The van der Waals surface area contributed by atoms with Gasteiger partial charge >= 0.3 is 5.97 Å². The van der Waals surface area contributed by atoms with Gasteiger partial charge in [-0.3, -0.25) is 4.79 Å². The number of carboxylic acid groups (broad SMARTS) is 1. The summed E-state index contributed by atoms with van der Waals surface area (Å²) < 4.78 is 38.6. The number of carbonyl (C=O) groups is 2. The summed E-state index contributed by atoms with van der Waals surface area (Å²) in [5.74, 6) is -4.36. The molecule has 1 amide bonds. The van der Waals surface area contributed by atoms with E-state index in [9.17, 15) is 22.8 Å². The molecule has 0 heterocycles. The summed E-state index contributed by atoms with van der Waals surface area (Å²) in [5.41, 5.74) is -0.488. The molecule has 7 heteroatoms. The largest absolute Gasteiger partial charge is 0.480 e. The predicted molar refractivity (Wildman–Crippen MR) is 55.6 cm³/mol. The molecule has 98 valence electrons. The zero-order valence-corrected chi connectivity index (χ0v) is 9.12. The highest BCUT2D eigenvalue weighted by Crippen LogP contribution is 2.12. The summed E-state index contributed by atoms with van der Waals surface area (Å²) in [6.45, 7) is -1.30. The van der Waals surface area contributed by atoms with Crippen molar-refractivity contribution in [1.29, 1.82) is 0 Å². The average Bonchev–Trinajstić information content (AvgIpc) is 2.30. The van der Waals surface area contributed by atoms with Gasteiger partial charge in [0.1, 0.15) is 18.3 Å². The first-order valence-electron chi connectivity index (χ1n) is 4.96. The lowest BCUT2D eigenvalue weighted by Gasteiger charge is -2.11. The number of rotatable bonds is 5. The molecule has 0 aliphatic rings. The van der Waals surface area contributed by atoms with Crippen molar-refractivity contribution in [2.24, 2.45) is 0 Å². The second-order valence-electron chi connectivity index (χ2n) is 3.49. The van der Waals surface area contributed by atoms with E-state index in [2.05, 4.69) is 0 Å². The normalized spacial score (nSPS) is 11.9. The van der Waals surface area contributed by atoms with Crippen LogP contribution in [0.5, 0.6) is 0 Å². The van der Waals surface area contributed by atoms with E-state index in [0.717, 1.165) is 18.2 Å². The van der Waals surface area contributed by atoms with Crippen molar-refractivity contribution in [3.05, 3.63) is 35.4 Å². The Morgan fingerprint density at radius 1 is 1.28 bits per heavy atom. The minimum absolute atomic E-state index is 0.488. The molecule has 1 aromatic carbocycles. The SMILES string of the molecule is O=C(Cc1c(F)cccc1F)NC(CF)C(=O)O. The van der Waals surface area contributed by atoms with Crippen molar-refractivity contribution in [3.63, 3.8) is 0 Å². The minimum Gasteiger partial charge on any atom is -0.480 e. The third kappa shape index (κ3) is 3.47. The molecule has 0 bridgehead atoms. The van der Waals surface area contributed by atoms with Crippen LogP contribution in [-0.2, 0) is 16.0 Å². The maximum absolute atomic E-state index is 13.2. The van der Waals surface area contributed by atoms with E-state index in [1.807, 2.05) is 5.32 Å². The highest BCUT2D eigenvalue weighted by Gasteiger charge is 2.21. The molecule has 0 fully saturated rings. The van der Waals surface area contributed by atoms with E-state index in [-0.39, 0.29) is 0 Å². The first-order valence-corrected chi connectivity index (χ1v) is 4.96. The molecule has 1 unspecified atom stereocenters. The second-order valence-corrected chi connectivity index (χ2v) is 3.49. The summed E-state index contributed by atoms with van der Waals surface area (Å²) in [5, 5.41) is 10.3. The van der Waals surface area contributed by atoms with E-state index in [0.29, 0.717) is 0 Å². The van der Waals surface area contributed by atoms with Gasteiger partial charge in [-0.2, -0.15) is 0 Å². The quantitative estimate of drug-likeness (QED) is 0.832. The fourth-order valence-electron chi connectivity index (χ4n) is 1.27. The van der Waals surface area contributed by atoms with Crippen LogP contribution in [-0.4, -0.2) is 29.7 Å². The average molecular weight is 261 g/mol. The van der Waals surface area contributed by atoms with Crippen molar-refractivity contribution < 1.29 is 27.9 Å². The van der Waals surface area contributed by atoms with Crippen molar-refractivity contribution in [2.75, 3.05) is 6.67 Å². The topological polar surface area (TPSA) is 66.4 Å². The lowest BCUT2D eigenvalue weighted by Crippen LogP contribution is -2.43. The van der Waals surface area contributed by atoms with Crippen molar-refractivity contribution in [3.8, 4) is 0 Å². The van der Waals surface area contributed by atoms with E-state index in [1.54, 1.807) is 0 Å². The summed E-state index contributed by atoms with van der Waals surface area (Å²) >= 11 is 0. The summed E-state index contributed by atoms with van der Waals surface area (Å²) in [6.07, 6.45) is -0.692. The number of benzene rings is 1. The number of halogens is 3. The van der Waals surface area contributed by atoms with Gasteiger partial charge in [-0.25, -0.2) is 18.0 Å². The van der Waals surface area contributed by atoms with Gasteiger partial charge in [0.2, 0.25) is 5.91 Å². The predicted octanol–water partition coefficient (Wildman–Crippen LogP) is 1.05. The number of carboxylic acids is 1. The number of hydrogen-bond donors (Lipinski definition) is 2. The smallest absolute Gasteiger partial charge is 0.328 e. The summed E-state index contributed by atoms with van der Waals surface area (Å²) in [6, 6.07) is 1.35. The molecule has 0 saturated heterocycles. The van der Waals surface area contributed by atoms with Crippen LogP contribution in [0.2, 0.25) is 0 Å². The molecule has 0 aliphatic carbocycles. The number of nitrogens with one attached hydrogen (secondary N) is 1. The highest BCUT2D eigenvalue weighted by atomic mass is 19.1. The van der Waals surface area contributed by atoms with Gasteiger partial charge in [0.05, 0.1) is 6.42 Å². The lowest BCUT2D eigenvalue weighted by molar-refractivity contribution is -0.142. The van der Waals surface area contributed by atoms with Crippen LogP contribution in [0.1, 0.15) is 5.56 Å².